The highest BCUT2D eigenvalue weighted by atomic mass is 79.9. The van der Waals surface area contributed by atoms with Gasteiger partial charge in [0.15, 0.2) is 0 Å². The highest BCUT2D eigenvalue weighted by Crippen LogP contribution is 2.26. The number of hydrogen-bond acceptors (Lipinski definition) is 1. The number of rotatable bonds is 5. The van der Waals surface area contributed by atoms with Crippen LogP contribution < -0.4 is 0 Å². The molecular weight excluding hydrogens is 372 g/mol. The van der Waals surface area contributed by atoms with Crippen molar-refractivity contribution in [2.75, 3.05) is 0 Å². The minimum atomic E-state index is 0.745. The molecule has 2 nitrogen and oxygen atoms in total. The van der Waals surface area contributed by atoms with Gasteiger partial charge in [0.1, 0.15) is 0 Å². The SMILES string of the molecule is CCCCc1cc(-c2ccc(Cl)cc2)n(-c2ccc(Br)cc2)n1. The van der Waals surface area contributed by atoms with Crippen LogP contribution in [0.3, 0.4) is 0 Å². The molecule has 0 saturated carbocycles. The first-order valence-electron chi connectivity index (χ1n) is 7.78. The molecule has 1 aromatic heterocycles. The average Bonchev–Trinajstić information content (AvgIpc) is 2.98. The van der Waals surface area contributed by atoms with Crippen LogP contribution in [0.5, 0.6) is 0 Å². The summed E-state index contributed by atoms with van der Waals surface area (Å²) in [5, 5.41) is 5.56. The highest BCUT2D eigenvalue weighted by molar-refractivity contribution is 9.10. The summed E-state index contributed by atoms with van der Waals surface area (Å²) in [6, 6.07) is 18.3. The summed E-state index contributed by atoms with van der Waals surface area (Å²) in [5.74, 6) is 0. The summed E-state index contributed by atoms with van der Waals surface area (Å²) in [6.07, 6.45) is 3.32. The van der Waals surface area contributed by atoms with Gasteiger partial charge in [0, 0.05) is 15.1 Å². The molecule has 1 heterocycles. The Morgan fingerprint density at radius 3 is 2.39 bits per heavy atom. The van der Waals surface area contributed by atoms with Crippen LogP contribution in [0, 0.1) is 0 Å². The van der Waals surface area contributed by atoms with Gasteiger partial charge in [-0.2, -0.15) is 5.10 Å². The standard InChI is InChI=1S/C19H18BrClN2/c1-2-3-4-17-13-19(14-5-9-16(21)10-6-14)23(22-17)18-11-7-15(20)8-12-18/h5-13H,2-4H2,1H3. The van der Waals surface area contributed by atoms with Crippen LogP contribution in [0.4, 0.5) is 0 Å². The van der Waals surface area contributed by atoms with Gasteiger partial charge in [-0.05, 0) is 55.3 Å². The number of unbranched alkanes of at least 4 members (excludes halogenated alkanes) is 1. The van der Waals surface area contributed by atoms with E-state index in [1.54, 1.807) is 0 Å². The molecule has 0 radical (unpaired) electrons. The number of aromatic nitrogens is 2. The number of halogens is 2. The minimum Gasteiger partial charge on any atom is -0.233 e. The number of benzene rings is 2. The first-order valence-corrected chi connectivity index (χ1v) is 8.95. The molecule has 118 valence electrons. The molecule has 3 rings (SSSR count). The quantitative estimate of drug-likeness (QED) is 0.501. The van der Waals surface area contributed by atoms with Crippen molar-refractivity contribution in [1.29, 1.82) is 0 Å². The smallest absolute Gasteiger partial charge is 0.0743 e. The Kier molecular flexibility index (Phi) is 5.19. The zero-order valence-electron chi connectivity index (χ0n) is 13.0. The number of nitrogens with zero attached hydrogens (tertiary/aromatic N) is 2. The molecule has 0 bridgehead atoms. The highest BCUT2D eigenvalue weighted by Gasteiger charge is 2.11. The fourth-order valence-corrected chi connectivity index (χ4v) is 2.91. The minimum absolute atomic E-state index is 0.745. The summed E-state index contributed by atoms with van der Waals surface area (Å²) < 4.78 is 3.08. The van der Waals surface area contributed by atoms with E-state index in [1.165, 1.54) is 6.42 Å². The molecule has 0 aliphatic heterocycles. The molecular formula is C19H18BrClN2. The normalized spacial score (nSPS) is 10.9. The second kappa shape index (κ2) is 7.33. The van der Waals surface area contributed by atoms with Crippen LogP contribution in [-0.2, 0) is 6.42 Å². The van der Waals surface area contributed by atoms with Crippen molar-refractivity contribution in [2.45, 2.75) is 26.2 Å². The van der Waals surface area contributed by atoms with E-state index in [9.17, 15) is 0 Å². The Balaban J connectivity index is 2.06. The second-order valence-corrected chi connectivity index (χ2v) is 6.87. The number of aryl methyl sites for hydroxylation is 1. The van der Waals surface area contributed by atoms with Gasteiger partial charge < -0.3 is 0 Å². The van der Waals surface area contributed by atoms with Crippen LogP contribution in [0.1, 0.15) is 25.5 Å². The van der Waals surface area contributed by atoms with Gasteiger partial charge in [-0.25, -0.2) is 4.68 Å². The van der Waals surface area contributed by atoms with Crippen LogP contribution in [-0.4, -0.2) is 9.78 Å². The molecule has 0 fully saturated rings. The third-order valence-corrected chi connectivity index (χ3v) is 4.54. The fourth-order valence-electron chi connectivity index (χ4n) is 2.52. The molecule has 3 aromatic rings. The van der Waals surface area contributed by atoms with Gasteiger partial charge in [-0.1, -0.05) is 53.0 Å². The lowest BCUT2D eigenvalue weighted by molar-refractivity contribution is 0.753. The van der Waals surface area contributed by atoms with E-state index in [1.807, 2.05) is 41.1 Å². The maximum Gasteiger partial charge on any atom is 0.0743 e. The van der Waals surface area contributed by atoms with E-state index in [-0.39, 0.29) is 0 Å². The van der Waals surface area contributed by atoms with Crippen molar-refractivity contribution in [3.8, 4) is 16.9 Å². The molecule has 0 saturated heterocycles. The van der Waals surface area contributed by atoms with E-state index in [0.717, 1.165) is 45.0 Å². The summed E-state index contributed by atoms with van der Waals surface area (Å²) in [7, 11) is 0. The van der Waals surface area contributed by atoms with Crippen LogP contribution in [0.2, 0.25) is 5.02 Å². The molecule has 0 aliphatic rings. The summed E-state index contributed by atoms with van der Waals surface area (Å²) in [5.41, 5.74) is 4.39. The lowest BCUT2D eigenvalue weighted by Gasteiger charge is -2.08. The summed E-state index contributed by atoms with van der Waals surface area (Å²) in [4.78, 5) is 0. The van der Waals surface area contributed by atoms with Crippen molar-refractivity contribution in [2.24, 2.45) is 0 Å². The fraction of sp³-hybridized carbons (Fsp3) is 0.211. The summed E-state index contributed by atoms with van der Waals surface area (Å²) in [6.45, 7) is 2.20. The Hall–Kier alpha value is -1.58. The van der Waals surface area contributed by atoms with Gasteiger partial charge in [0.25, 0.3) is 0 Å². The van der Waals surface area contributed by atoms with Crippen LogP contribution >= 0.6 is 27.5 Å². The second-order valence-electron chi connectivity index (χ2n) is 5.52. The Morgan fingerprint density at radius 1 is 1.04 bits per heavy atom. The molecule has 0 spiro atoms. The van der Waals surface area contributed by atoms with Gasteiger partial charge >= 0.3 is 0 Å². The first-order chi connectivity index (χ1) is 11.2. The number of hydrogen-bond donors (Lipinski definition) is 0. The van der Waals surface area contributed by atoms with Crippen molar-refractivity contribution in [1.82, 2.24) is 9.78 Å². The molecule has 0 unspecified atom stereocenters. The lowest BCUT2D eigenvalue weighted by Crippen LogP contribution is -1.99. The average molecular weight is 390 g/mol. The first kappa shape index (κ1) is 16.3. The molecule has 23 heavy (non-hydrogen) atoms. The van der Waals surface area contributed by atoms with Crippen molar-refractivity contribution in [3.63, 3.8) is 0 Å². The Morgan fingerprint density at radius 2 is 1.74 bits per heavy atom. The van der Waals surface area contributed by atoms with Gasteiger partial charge in [0.05, 0.1) is 17.1 Å². The molecule has 0 aliphatic carbocycles. The van der Waals surface area contributed by atoms with Crippen molar-refractivity contribution < 1.29 is 0 Å². The topological polar surface area (TPSA) is 17.8 Å². The third-order valence-electron chi connectivity index (χ3n) is 3.76. The lowest BCUT2D eigenvalue weighted by atomic mass is 10.1. The summed E-state index contributed by atoms with van der Waals surface area (Å²) >= 11 is 9.50. The molecule has 2 aromatic carbocycles. The van der Waals surface area contributed by atoms with E-state index in [4.69, 9.17) is 16.7 Å². The monoisotopic (exact) mass is 388 g/mol. The zero-order valence-corrected chi connectivity index (χ0v) is 15.3. The molecule has 0 amide bonds. The van der Waals surface area contributed by atoms with Gasteiger partial charge in [-0.3, -0.25) is 0 Å². The predicted octanol–water partition coefficient (Wildman–Crippen LogP) is 6.30. The molecule has 0 atom stereocenters. The van der Waals surface area contributed by atoms with Crippen molar-refractivity contribution in [3.05, 3.63) is 69.8 Å². The maximum absolute atomic E-state index is 6.02. The largest absolute Gasteiger partial charge is 0.233 e. The zero-order chi connectivity index (χ0) is 16.2. The maximum atomic E-state index is 6.02. The van der Waals surface area contributed by atoms with Crippen LogP contribution in [0.25, 0.3) is 16.9 Å². The third kappa shape index (κ3) is 3.85. The Bertz CT molecular complexity index is 713. The molecule has 4 heteroatoms. The Labute approximate surface area is 150 Å². The van der Waals surface area contributed by atoms with E-state index in [0.29, 0.717) is 0 Å². The molecule has 0 N–H and O–H groups in total. The van der Waals surface area contributed by atoms with Crippen LogP contribution in [0.15, 0.2) is 59.1 Å². The van der Waals surface area contributed by atoms with Gasteiger partial charge in [0.2, 0.25) is 0 Å². The van der Waals surface area contributed by atoms with E-state index >= 15 is 0 Å². The van der Waals surface area contributed by atoms with Gasteiger partial charge in [-0.15, -0.1) is 0 Å². The van der Waals surface area contributed by atoms with Crippen molar-refractivity contribution >= 4 is 27.5 Å². The van der Waals surface area contributed by atoms with E-state index < -0.39 is 0 Å². The van der Waals surface area contributed by atoms with E-state index in [2.05, 4.69) is 41.1 Å². The predicted molar refractivity (Wildman–Crippen MR) is 100 cm³/mol.